The van der Waals surface area contributed by atoms with Crippen molar-refractivity contribution in [2.45, 2.75) is 6.92 Å². The SMILES string of the molecule is Cc1c(Cl)cccc1Nc1ncnc(N2CCOCC2)c1N. The van der Waals surface area contributed by atoms with Crippen LogP contribution >= 0.6 is 11.6 Å². The lowest BCUT2D eigenvalue weighted by Crippen LogP contribution is -2.37. The van der Waals surface area contributed by atoms with Crippen LogP contribution in [0.25, 0.3) is 0 Å². The highest BCUT2D eigenvalue weighted by Crippen LogP contribution is 2.31. The second kappa shape index (κ2) is 6.37. The van der Waals surface area contributed by atoms with Gasteiger partial charge in [-0.15, -0.1) is 0 Å². The van der Waals surface area contributed by atoms with Gasteiger partial charge in [0.1, 0.15) is 12.0 Å². The molecule has 1 aliphatic rings. The number of halogens is 1. The van der Waals surface area contributed by atoms with Gasteiger partial charge in [0.2, 0.25) is 0 Å². The maximum Gasteiger partial charge on any atom is 0.159 e. The summed E-state index contributed by atoms with van der Waals surface area (Å²) in [6.45, 7) is 4.86. The lowest BCUT2D eigenvalue weighted by Gasteiger charge is -2.29. The van der Waals surface area contributed by atoms with Crippen LogP contribution in [0.1, 0.15) is 5.56 Å². The van der Waals surface area contributed by atoms with Crippen molar-refractivity contribution in [2.24, 2.45) is 0 Å². The lowest BCUT2D eigenvalue weighted by molar-refractivity contribution is 0.122. The highest BCUT2D eigenvalue weighted by molar-refractivity contribution is 6.31. The Morgan fingerprint density at radius 3 is 2.82 bits per heavy atom. The van der Waals surface area contributed by atoms with Crippen molar-refractivity contribution in [3.63, 3.8) is 0 Å². The number of benzene rings is 1. The Balaban J connectivity index is 1.89. The number of hydrogen-bond donors (Lipinski definition) is 2. The van der Waals surface area contributed by atoms with Crippen molar-refractivity contribution in [1.29, 1.82) is 0 Å². The number of rotatable bonds is 3. The first-order valence-electron chi connectivity index (χ1n) is 7.12. The number of nitrogens with two attached hydrogens (primary N) is 1. The number of anilines is 4. The molecular weight excluding hydrogens is 302 g/mol. The fraction of sp³-hybridized carbons (Fsp3) is 0.333. The number of aromatic nitrogens is 2. The van der Waals surface area contributed by atoms with Crippen LogP contribution in [-0.4, -0.2) is 36.3 Å². The Morgan fingerprint density at radius 1 is 1.27 bits per heavy atom. The van der Waals surface area contributed by atoms with Gasteiger partial charge in [-0.2, -0.15) is 0 Å². The van der Waals surface area contributed by atoms with Crippen molar-refractivity contribution in [3.8, 4) is 0 Å². The minimum Gasteiger partial charge on any atom is -0.393 e. The molecule has 1 aliphatic heterocycles. The zero-order valence-corrected chi connectivity index (χ0v) is 13.1. The van der Waals surface area contributed by atoms with Gasteiger partial charge >= 0.3 is 0 Å². The molecule has 3 rings (SSSR count). The van der Waals surface area contributed by atoms with Crippen LogP contribution in [0.5, 0.6) is 0 Å². The van der Waals surface area contributed by atoms with Crippen LogP contribution in [-0.2, 0) is 4.74 Å². The van der Waals surface area contributed by atoms with E-state index in [-0.39, 0.29) is 0 Å². The Bertz CT molecular complexity index is 673. The van der Waals surface area contributed by atoms with Gasteiger partial charge in [0.05, 0.1) is 13.2 Å². The summed E-state index contributed by atoms with van der Waals surface area (Å²) in [5.74, 6) is 1.32. The van der Waals surface area contributed by atoms with Crippen molar-refractivity contribution < 1.29 is 4.74 Å². The van der Waals surface area contributed by atoms with Crippen molar-refractivity contribution in [2.75, 3.05) is 42.3 Å². The summed E-state index contributed by atoms with van der Waals surface area (Å²) in [4.78, 5) is 10.7. The molecule has 7 heteroatoms. The normalized spacial score (nSPS) is 14.9. The molecule has 0 aliphatic carbocycles. The molecule has 2 aromatic rings. The summed E-state index contributed by atoms with van der Waals surface area (Å²) in [6, 6.07) is 5.68. The molecule has 1 saturated heterocycles. The molecule has 0 radical (unpaired) electrons. The summed E-state index contributed by atoms with van der Waals surface area (Å²) in [5, 5.41) is 3.94. The van der Waals surface area contributed by atoms with Crippen molar-refractivity contribution >= 4 is 34.6 Å². The molecule has 0 unspecified atom stereocenters. The van der Waals surface area contributed by atoms with E-state index in [1.54, 1.807) is 0 Å². The van der Waals surface area contributed by atoms with Gasteiger partial charge in [-0.3, -0.25) is 0 Å². The number of morpholine rings is 1. The second-order valence-electron chi connectivity index (χ2n) is 5.10. The van der Waals surface area contributed by atoms with E-state index in [9.17, 15) is 0 Å². The van der Waals surface area contributed by atoms with E-state index in [0.29, 0.717) is 29.7 Å². The van der Waals surface area contributed by atoms with Gasteiger partial charge in [-0.1, -0.05) is 17.7 Å². The number of nitrogens with one attached hydrogen (secondary N) is 1. The fourth-order valence-electron chi connectivity index (χ4n) is 2.38. The Labute approximate surface area is 134 Å². The van der Waals surface area contributed by atoms with Crippen LogP contribution in [0.4, 0.5) is 23.0 Å². The van der Waals surface area contributed by atoms with Gasteiger partial charge in [-0.05, 0) is 24.6 Å². The molecule has 0 spiro atoms. The lowest BCUT2D eigenvalue weighted by atomic mass is 10.2. The van der Waals surface area contributed by atoms with Crippen molar-refractivity contribution in [1.82, 2.24) is 9.97 Å². The van der Waals surface area contributed by atoms with E-state index < -0.39 is 0 Å². The standard InChI is InChI=1S/C15H18ClN5O/c1-10-11(16)3-2-4-12(10)20-14-13(17)15(19-9-18-14)21-5-7-22-8-6-21/h2-4,9H,5-8,17H2,1H3,(H,18,19,20). The molecule has 0 amide bonds. The number of nitrogens with zero attached hydrogens (tertiary/aromatic N) is 3. The molecule has 1 aromatic heterocycles. The van der Waals surface area contributed by atoms with Gasteiger partial charge in [0.15, 0.2) is 11.6 Å². The highest BCUT2D eigenvalue weighted by Gasteiger charge is 2.18. The maximum absolute atomic E-state index is 6.25. The van der Waals surface area contributed by atoms with E-state index in [2.05, 4.69) is 20.2 Å². The molecular formula is C15H18ClN5O. The Morgan fingerprint density at radius 2 is 2.05 bits per heavy atom. The van der Waals surface area contributed by atoms with E-state index in [1.165, 1.54) is 6.33 Å². The summed E-state index contributed by atoms with van der Waals surface area (Å²) in [6.07, 6.45) is 1.52. The third-order valence-corrected chi connectivity index (χ3v) is 4.10. The minimum atomic E-state index is 0.531. The third kappa shape index (κ3) is 2.93. The predicted octanol–water partition coefficient (Wildman–Crippen LogP) is 2.60. The summed E-state index contributed by atoms with van der Waals surface area (Å²) in [5.41, 5.74) is 8.61. The highest BCUT2D eigenvalue weighted by atomic mass is 35.5. The molecule has 3 N–H and O–H groups in total. The van der Waals surface area contributed by atoms with Crippen LogP contribution in [0, 0.1) is 6.92 Å². The molecule has 2 heterocycles. The molecule has 0 bridgehead atoms. The third-order valence-electron chi connectivity index (χ3n) is 3.69. The van der Waals surface area contributed by atoms with E-state index in [4.69, 9.17) is 22.1 Å². The zero-order valence-electron chi connectivity index (χ0n) is 12.3. The zero-order chi connectivity index (χ0) is 15.5. The first-order chi connectivity index (χ1) is 10.7. The predicted molar refractivity (Wildman–Crippen MR) is 88.9 cm³/mol. The van der Waals surface area contributed by atoms with Gasteiger partial charge < -0.3 is 20.7 Å². The van der Waals surface area contributed by atoms with Crippen molar-refractivity contribution in [3.05, 3.63) is 35.1 Å². The topological polar surface area (TPSA) is 76.3 Å². The summed E-state index contributed by atoms with van der Waals surface area (Å²) >= 11 is 6.15. The quantitative estimate of drug-likeness (QED) is 0.905. The minimum absolute atomic E-state index is 0.531. The number of hydrogen-bond acceptors (Lipinski definition) is 6. The molecule has 1 fully saturated rings. The largest absolute Gasteiger partial charge is 0.393 e. The van der Waals surface area contributed by atoms with E-state index in [0.717, 1.165) is 30.2 Å². The smallest absolute Gasteiger partial charge is 0.159 e. The number of ether oxygens (including phenoxy) is 1. The first kappa shape index (κ1) is 14.9. The van der Waals surface area contributed by atoms with Gasteiger partial charge in [0.25, 0.3) is 0 Å². The summed E-state index contributed by atoms with van der Waals surface area (Å²) < 4.78 is 5.36. The first-order valence-corrected chi connectivity index (χ1v) is 7.50. The van der Waals surface area contributed by atoms with Crippen LogP contribution in [0.15, 0.2) is 24.5 Å². The second-order valence-corrected chi connectivity index (χ2v) is 5.50. The maximum atomic E-state index is 6.25. The summed E-state index contributed by atoms with van der Waals surface area (Å²) in [7, 11) is 0. The monoisotopic (exact) mass is 319 g/mol. The van der Waals surface area contributed by atoms with Crippen LogP contribution in [0.2, 0.25) is 5.02 Å². The molecule has 0 saturated carbocycles. The molecule has 6 nitrogen and oxygen atoms in total. The van der Waals surface area contributed by atoms with Crippen LogP contribution in [0.3, 0.4) is 0 Å². The molecule has 22 heavy (non-hydrogen) atoms. The van der Waals surface area contributed by atoms with E-state index in [1.807, 2.05) is 25.1 Å². The molecule has 1 aromatic carbocycles. The Kier molecular flexibility index (Phi) is 4.31. The number of nitrogen functional groups attached to an aromatic ring is 1. The van der Waals surface area contributed by atoms with E-state index >= 15 is 0 Å². The van der Waals surface area contributed by atoms with Gasteiger partial charge in [0, 0.05) is 23.8 Å². The Hall–Kier alpha value is -2.05. The molecule has 0 atom stereocenters. The average Bonchev–Trinajstić information content (AvgIpc) is 2.54. The fourth-order valence-corrected chi connectivity index (χ4v) is 2.56. The van der Waals surface area contributed by atoms with Gasteiger partial charge in [-0.25, -0.2) is 9.97 Å². The van der Waals surface area contributed by atoms with Crippen LogP contribution < -0.4 is 16.0 Å². The molecule has 116 valence electrons. The average molecular weight is 320 g/mol.